The Hall–Kier alpha value is -0.100. The third kappa shape index (κ3) is 3.51. The summed E-state index contributed by atoms with van der Waals surface area (Å²) in [5.74, 6) is 0.360. The van der Waals surface area contributed by atoms with E-state index in [-0.39, 0.29) is 6.04 Å². The van der Waals surface area contributed by atoms with Crippen LogP contribution in [-0.2, 0) is 15.9 Å². The largest absolute Gasteiger partial charge is 0.252 e. The van der Waals surface area contributed by atoms with Gasteiger partial charge in [-0.3, -0.25) is 0 Å². The van der Waals surface area contributed by atoms with Crippen LogP contribution in [0.25, 0.3) is 0 Å². The van der Waals surface area contributed by atoms with E-state index in [9.17, 15) is 8.42 Å². The fourth-order valence-electron chi connectivity index (χ4n) is 2.52. The summed E-state index contributed by atoms with van der Waals surface area (Å²) >= 11 is 7.00. The van der Waals surface area contributed by atoms with Gasteiger partial charge in [-0.05, 0) is 29.9 Å². The zero-order chi connectivity index (χ0) is 13.9. The van der Waals surface area contributed by atoms with E-state index in [0.717, 1.165) is 31.2 Å². The molecule has 0 atom stereocenters. The minimum atomic E-state index is -3.35. The van der Waals surface area contributed by atoms with Gasteiger partial charge in [-0.25, -0.2) is 8.42 Å². The summed E-state index contributed by atoms with van der Waals surface area (Å²) in [5, 5.41) is 1.82. The highest BCUT2D eigenvalue weighted by Crippen LogP contribution is 2.29. The highest BCUT2D eigenvalue weighted by Gasteiger charge is 2.29. The van der Waals surface area contributed by atoms with Gasteiger partial charge in [-0.1, -0.05) is 25.7 Å². The molecule has 1 aliphatic carbocycles. The van der Waals surface area contributed by atoms with E-state index in [1.807, 2.05) is 5.38 Å². The Kier molecular flexibility index (Phi) is 5.29. The van der Waals surface area contributed by atoms with Crippen LogP contribution in [0.4, 0.5) is 0 Å². The van der Waals surface area contributed by atoms with Crippen LogP contribution < -0.4 is 0 Å². The second kappa shape index (κ2) is 6.57. The van der Waals surface area contributed by atoms with E-state index in [1.54, 1.807) is 17.4 Å². The lowest BCUT2D eigenvalue weighted by Crippen LogP contribution is -2.36. The van der Waals surface area contributed by atoms with Crippen molar-refractivity contribution in [2.75, 3.05) is 7.05 Å². The maximum atomic E-state index is 12.6. The van der Waals surface area contributed by atoms with Gasteiger partial charge in [0.25, 0.3) is 10.0 Å². The quantitative estimate of drug-likeness (QED) is 0.624. The maximum absolute atomic E-state index is 12.6. The Balaban J connectivity index is 2.17. The van der Waals surface area contributed by atoms with Crippen molar-refractivity contribution in [3.8, 4) is 0 Å². The molecule has 0 N–H and O–H groups in total. The highest BCUT2D eigenvalue weighted by atomic mass is 35.5. The van der Waals surface area contributed by atoms with E-state index in [0.29, 0.717) is 10.1 Å². The number of sulfonamides is 1. The Labute approximate surface area is 124 Å². The molecule has 0 radical (unpaired) electrons. The topological polar surface area (TPSA) is 37.4 Å². The van der Waals surface area contributed by atoms with Gasteiger partial charge in [0.1, 0.15) is 4.21 Å². The van der Waals surface area contributed by atoms with Crippen molar-refractivity contribution in [2.45, 2.75) is 54.7 Å². The molecule has 6 heteroatoms. The van der Waals surface area contributed by atoms with Crippen LogP contribution in [0.5, 0.6) is 0 Å². The van der Waals surface area contributed by atoms with Gasteiger partial charge in [0, 0.05) is 19.0 Å². The van der Waals surface area contributed by atoms with Gasteiger partial charge in [0.05, 0.1) is 0 Å². The summed E-state index contributed by atoms with van der Waals surface area (Å²) in [5.41, 5.74) is 0.875. The minimum Gasteiger partial charge on any atom is -0.206 e. The molecule has 1 saturated carbocycles. The first kappa shape index (κ1) is 15.3. The Bertz CT molecular complexity index is 504. The lowest BCUT2D eigenvalue weighted by atomic mass is 10.1. The summed E-state index contributed by atoms with van der Waals surface area (Å²) in [6.45, 7) is 0. The van der Waals surface area contributed by atoms with Crippen molar-refractivity contribution in [2.24, 2.45) is 0 Å². The van der Waals surface area contributed by atoms with E-state index < -0.39 is 10.0 Å². The van der Waals surface area contributed by atoms with Crippen LogP contribution in [-0.4, -0.2) is 25.8 Å². The lowest BCUT2D eigenvalue weighted by Gasteiger charge is -2.25. The van der Waals surface area contributed by atoms with Crippen molar-refractivity contribution < 1.29 is 8.42 Å². The zero-order valence-corrected chi connectivity index (χ0v) is 13.5. The van der Waals surface area contributed by atoms with Crippen LogP contribution in [0.3, 0.4) is 0 Å². The number of alkyl halides is 1. The summed E-state index contributed by atoms with van der Waals surface area (Å²) < 4.78 is 27.1. The third-order valence-corrected chi connectivity index (χ3v) is 7.44. The highest BCUT2D eigenvalue weighted by molar-refractivity contribution is 7.91. The van der Waals surface area contributed by atoms with E-state index in [2.05, 4.69) is 0 Å². The summed E-state index contributed by atoms with van der Waals surface area (Å²) in [6, 6.07) is 1.84. The molecule has 0 unspecified atom stereocenters. The average Bonchev–Trinajstić information content (AvgIpc) is 2.74. The molecular weight excluding hydrogens is 302 g/mol. The smallest absolute Gasteiger partial charge is 0.206 e. The molecule has 0 spiro atoms. The predicted molar refractivity (Wildman–Crippen MR) is 80.3 cm³/mol. The van der Waals surface area contributed by atoms with Gasteiger partial charge in [0.2, 0.25) is 0 Å². The van der Waals surface area contributed by atoms with Gasteiger partial charge >= 0.3 is 0 Å². The van der Waals surface area contributed by atoms with Crippen LogP contribution in [0.2, 0.25) is 0 Å². The van der Waals surface area contributed by atoms with Crippen molar-refractivity contribution in [3.63, 3.8) is 0 Å². The number of rotatable bonds is 4. The van der Waals surface area contributed by atoms with Crippen molar-refractivity contribution in [1.29, 1.82) is 0 Å². The normalized spacial score (nSPS) is 18.7. The molecule has 19 heavy (non-hydrogen) atoms. The van der Waals surface area contributed by atoms with Crippen LogP contribution >= 0.6 is 22.9 Å². The number of halogens is 1. The molecule has 0 saturated heterocycles. The van der Waals surface area contributed by atoms with Crippen molar-refractivity contribution in [3.05, 3.63) is 17.0 Å². The fraction of sp³-hybridized carbons (Fsp3) is 0.692. The standard InChI is InChI=1S/C13H20ClNO2S2/c1-15(12-6-4-2-3-5-7-12)19(16,17)13-8-11(9-14)10-18-13/h8,10,12H,2-7,9H2,1H3. The van der Waals surface area contributed by atoms with Gasteiger partial charge in [-0.2, -0.15) is 4.31 Å². The molecule has 2 rings (SSSR count). The maximum Gasteiger partial charge on any atom is 0.252 e. The first-order chi connectivity index (χ1) is 9.05. The molecule has 1 aromatic heterocycles. The molecule has 1 heterocycles. The molecule has 1 fully saturated rings. The number of thiophene rings is 1. The minimum absolute atomic E-state index is 0.147. The van der Waals surface area contributed by atoms with Crippen molar-refractivity contribution in [1.82, 2.24) is 4.31 Å². The van der Waals surface area contributed by atoms with Gasteiger partial charge < -0.3 is 0 Å². The Morgan fingerprint density at radius 1 is 1.32 bits per heavy atom. The molecule has 3 nitrogen and oxygen atoms in total. The predicted octanol–water partition coefficient (Wildman–Crippen LogP) is 3.83. The number of hydrogen-bond donors (Lipinski definition) is 0. The number of nitrogens with zero attached hydrogens (tertiary/aromatic N) is 1. The molecular formula is C13H20ClNO2S2. The van der Waals surface area contributed by atoms with E-state index >= 15 is 0 Å². The SMILES string of the molecule is CN(C1CCCCCC1)S(=O)(=O)c1cc(CCl)cs1. The van der Waals surface area contributed by atoms with E-state index in [1.165, 1.54) is 24.2 Å². The fourth-order valence-corrected chi connectivity index (χ4v) is 5.57. The third-order valence-electron chi connectivity index (χ3n) is 3.76. The first-order valence-electron chi connectivity index (χ1n) is 6.67. The second-order valence-corrected chi connectivity index (χ2v) is 8.48. The van der Waals surface area contributed by atoms with Crippen LogP contribution in [0.15, 0.2) is 15.7 Å². The summed E-state index contributed by atoms with van der Waals surface area (Å²) in [7, 11) is -1.64. The Morgan fingerprint density at radius 3 is 2.47 bits per heavy atom. The molecule has 0 amide bonds. The average molecular weight is 322 g/mol. The van der Waals surface area contributed by atoms with Gasteiger partial charge in [-0.15, -0.1) is 22.9 Å². The molecule has 108 valence electrons. The molecule has 0 bridgehead atoms. The van der Waals surface area contributed by atoms with Crippen molar-refractivity contribution >= 4 is 33.0 Å². The second-order valence-electron chi connectivity index (χ2n) is 5.07. The van der Waals surface area contributed by atoms with E-state index in [4.69, 9.17) is 11.6 Å². The molecule has 0 aliphatic heterocycles. The van der Waals surface area contributed by atoms with Crippen LogP contribution in [0.1, 0.15) is 44.1 Å². The molecule has 1 aromatic rings. The lowest BCUT2D eigenvalue weighted by molar-refractivity contribution is 0.336. The Morgan fingerprint density at radius 2 is 1.95 bits per heavy atom. The zero-order valence-electron chi connectivity index (χ0n) is 11.1. The molecule has 1 aliphatic rings. The van der Waals surface area contributed by atoms with Gasteiger partial charge in [0.15, 0.2) is 0 Å². The first-order valence-corrected chi connectivity index (χ1v) is 9.52. The van der Waals surface area contributed by atoms with Crippen LogP contribution in [0, 0.1) is 0 Å². The summed E-state index contributed by atoms with van der Waals surface area (Å²) in [6.07, 6.45) is 6.65. The molecule has 0 aromatic carbocycles. The summed E-state index contributed by atoms with van der Waals surface area (Å²) in [4.78, 5) is 0. The monoisotopic (exact) mass is 321 g/mol. The number of hydrogen-bond acceptors (Lipinski definition) is 3.